The molecule has 0 aliphatic carbocycles. The Kier molecular flexibility index (Phi) is 3.89. The van der Waals surface area contributed by atoms with Crippen LogP contribution in [0.15, 0.2) is 56.9 Å². The largest absolute Gasteiger partial charge is 0.323 e. The standard InChI is InChI=1S/C18H16N4O5S/c1-20-14-8-7-11(9-15(14)21(2)18(25)17(20)24)28(26,27)22-10-16(23)19-12-5-3-4-6-13(12)22/h3-9H,10H2,1-2H3,(H,19,23). The van der Waals surface area contributed by atoms with Crippen LogP contribution in [0.1, 0.15) is 0 Å². The van der Waals surface area contributed by atoms with E-state index in [1.165, 1.54) is 36.9 Å². The van der Waals surface area contributed by atoms with Crippen LogP contribution >= 0.6 is 0 Å². The lowest BCUT2D eigenvalue weighted by atomic mass is 10.2. The van der Waals surface area contributed by atoms with Gasteiger partial charge in [0, 0.05) is 14.1 Å². The van der Waals surface area contributed by atoms with E-state index in [0.29, 0.717) is 22.4 Å². The van der Waals surface area contributed by atoms with Crippen molar-refractivity contribution in [2.45, 2.75) is 4.90 Å². The van der Waals surface area contributed by atoms with Gasteiger partial charge in [-0.2, -0.15) is 0 Å². The van der Waals surface area contributed by atoms with Gasteiger partial charge < -0.3 is 14.5 Å². The number of aryl methyl sites for hydroxylation is 2. The highest BCUT2D eigenvalue weighted by atomic mass is 32.2. The van der Waals surface area contributed by atoms with E-state index in [4.69, 9.17) is 0 Å². The first-order valence-corrected chi connectivity index (χ1v) is 9.77. The van der Waals surface area contributed by atoms with Gasteiger partial charge in [0.25, 0.3) is 10.0 Å². The van der Waals surface area contributed by atoms with Gasteiger partial charge in [-0.15, -0.1) is 0 Å². The summed E-state index contributed by atoms with van der Waals surface area (Å²) in [5, 5.41) is 2.64. The molecule has 1 amide bonds. The van der Waals surface area contributed by atoms with Crippen LogP contribution in [0.2, 0.25) is 0 Å². The number of sulfonamides is 1. The highest BCUT2D eigenvalue weighted by Crippen LogP contribution is 2.33. The Morgan fingerprint density at radius 1 is 0.893 bits per heavy atom. The summed E-state index contributed by atoms with van der Waals surface area (Å²) in [4.78, 5) is 36.0. The number of benzene rings is 2. The number of para-hydroxylation sites is 2. The summed E-state index contributed by atoms with van der Waals surface area (Å²) in [6, 6.07) is 10.8. The molecule has 1 aromatic heterocycles. The maximum atomic E-state index is 13.3. The minimum Gasteiger partial charge on any atom is -0.323 e. The fourth-order valence-electron chi connectivity index (χ4n) is 3.27. The molecule has 144 valence electrons. The molecule has 0 spiro atoms. The minimum absolute atomic E-state index is 0.0850. The van der Waals surface area contributed by atoms with Gasteiger partial charge in [-0.25, -0.2) is 8.42 Å². The Bertz CT molecular complexity index is 1370. The molecule has 0 saturated carbocycles. The summed E-state index contributed by atoms with van der Waals surface area (Å²) in [7, 11) is -1.22. The molecule has 0 radical (unpaired) electrons. The van der Waals surface area contributed by atoms with Gasteiger partial charge in [0.15, 0.2) is 0 Å². The molecule has 4 rings (SSSR count). The number of nitrogens with one attached hydrogen (secondary N) is 1. The van der Waals surface area contributed by atoms with Gasteiger partial charge in [-0.1, -0.05) is 12.1 Å². The predicted octanol–water partition coefficient (Wildman–Crippen LogP) is 0.385. The Morgan fingerprint density at radius 2 is 1.54 bits per heavy atom. The van der Waals surface area contributed by atoms with Gasteiger partial charge >= 0.3 is 11.1 Å². The molecule has 0 bridgehead atoms. The van der Waals surface area contributed by atoms with Crippen LogP contribution < -0.4 is 20.7 Å². The molecular weight excluding hydrogens is 384 g/mol. The van der Waals surface area contributed by atoms with Crippen LogP contribution in [0.4, 0.5) is 11.4 Å². The third-order valence-electron chi connectivity index (χ3n) is 4.78. The zero-order valence-corrected chi connectivity index (χ0v) is 15.9. The molecule has 1 aliphatic rings. The molecule has 2 heterocycles. The van der Waals surface area contributed by atoms with Crippen LogP contribution in [0.5, 0.6) is 0 Å². The maximum absolute atomic E-state index is 13.3. The highest BCUT2D eigenvalue weighted by molar-refractivity contribution is 7.93. The Morgan fingerprint density at radius 3 is 2.25 bits per heavy atom. The summed E-state index contributed by atoms with van der Waals surface area (Å²) in [6.45, 7) is -0.358. The third-order valence-corrected chi connectivity index (χ3v) is 6.54. The molecule has 28 heavy (non-hydrogen) atoms. The first kappa shape index (κ1) is 18.0. The quantitative estimate of drug-likeness (QED) is 0.626. The second kappa shape index (κ2) is 6.06. The molecular formula is C18H16N4O5S. The van der Waals surface area contributed by atoms with Crippen molar-refractivity contribution >= 4 is 38.3 Å². The summed E-state index contributed by atoms with van der Waals surface area (Å²) in [5.74, 6) is -0.446. The van der Waals surface area contributed by atoms with Crippen LogP contribution in [0.3, 0.4) is 0 Å². The smallest absolute Gasteiger partial charge is 0.316 e. The molecule has 1 aliphatic heterocycles. The zero-order valence-electron chi connectivity index (χ0n) is 15.0. The number of aromatic nitrogens is 2. The Balaban J connectivity index is 1.94. The number of nitrogens with zero attached hydrogens (tertiary/aromatic N) is 3. The Hall–Kier alpha value is -3.40. The SMILES string of the molecule is Cn1c(=O)c(=O)n(C)c2cc(S(=O)(=O)N3CC(=O)Nc4ccccc43)ccc21. The van der Waals surface area contributed by atoms with Crippen molar-refractivity contribution in [3.63, 3.8) is 0 Å². The molecule has 0 atom stereocenters. The summed E-state index contributed by atoms with van der Waals surface area (Å²) in [5.41, 5.74) is 0.0136. The Labute approximate surface area is 159 Å². The number of rotatable bonds is 2. The topological polar surface area (TPSA) is 110 Å². The molecule has 2 aromatic carbocycles. The van der Waals surface area contributed by atoms with E-state index in [2.05, 4.69) is 5.32 Å². The lowest BCUT2D eigenvalue weighted by molar-refractivity contribution is -0.115. The van der Waals surface area contributed by atoms with E-state index < -0.39 is 27.0 Å². The number of hydrogen-bond donors (Lipinski definition) is 1. The number of hydrogen-bond acceptors (Lipinski definition) is 5. The van der Waals surface area contributed by atoms with E-state index in [1.807, 2.05) is 0 Å². The van der Waals surface area contributed by atoms with Crippen molar-refractivity contribution in [3.05, 3.63) is 63.2 Å². The van der Waals surface area contributed by atoms with Crippen molar-refractivity contribution in [1.82, 2.24) is 9.13 Å². The first-order valence-electron chi connectivity index (χ1n) is 8.33. The fourth-order valence-corrected chi connectivity index (χ4v) is 4.73. The van der Waals surface area contributed by atoms with Crippen molar-refractivity contribution in [2.75, 3.05) is 16.2 Å². The van der Waals surface area contributed by atoms with Crippen LogP contribution in [0, 0.1) is 0 Å². The third kappa shape index (κ3) is 2.53. The van der Waals surface area contributed by atoms with E-state index in [0.717, 1.165) is 8.87 Å². The van der Waals surface area contributed by atoms with E-state index >= 15 is 0 Å². The molecule has 9 nitrogen and oxygen atoms in total. The second-order valence-electron chi connectivity index (χ2n) is 6.46. The number of carbonyl (C=O) groups excluding carboxylic acids is 1. The second-order valence-corrected chi connectivity index (χ2v) is 8.32. The monoisotopic (exact) mass is 400 g/mol. The van der Waals surface area contributed by atoms with Crippen molar-refractivity contribution in [1.29, 1.82) is 0 Å². The normalized spacial score (nSPS) is 14.1. The maximum Gasteiger partial charge on any atom is 0.316 e. The molecule has 0 saturated heterocycles. The van der Waals surface area contributed by atoms with Crippen molar-refractivity contribution in [3.8, 4) is 0 Å². The summed E-state index contributed by atoms with van der Waals surface area (Å²) in [6.07, 6.45) is 0. The van der Waals surface area contributed by atoms with Crippen LogP contribution in [0.25, 0.3) is 11.0 Å². The van der Waals surface area contributed by atoms with Gasteiger partial charge in [-0.05, 0) is 30.3 Å². The molecule has 0 unspecified atom stereocenters. The van der Waals surface area contributed by atoms with E-state index in [9.17, 15) is 22.8 Å². The molecule has 0 fully saturated rings. The van der Waals surface area contributed by atoms with Gasteiger partial charge in [-0.3, -0.25) is 18.7 Å². The predicted molar refractivity (Wildman–Crippen MR) is 104 cm³/mol. The van der Waals surface area contributed by atoms with Gasteiger partial charge in [0.1, 0.15) is 6.54 Å². The minimum atomic E-state index is -4.08. The number of carbonyl (C=O) groups is 1. The zero-order chi connectivity index (χ0) is 20.2. The molecule has 1 N–H and O–H groups in total. The number of amides is 1. The average molecular weight is 400 g/mol. The molecule has 10 heteroatoms. The van der Waals surface area contributed by atoms with Crippen molar-refractivity contribution in [2.24, 2.45) is 14.1 Å². The summed E-state index contributed by atoms with van der Waals surface area (Å²) >= 11 is 0. The van der Waals surface area contributed by atoms with Crippen molar-refractivity contribution < 1.29 is 13.2 Å². The lowest BCUT2D eigenvalue weighted by Gasteiger charge is -2.30. The lowest BCUT2D eigenvalue weighted by Crippen LogP contribution is -2.42. The summed E-state index contributed by atoms with van der Waals surface area (Å²) < 4.78 is 29.9. The first-order chi connectivity index (χ1) is 13.2. The van der Waals surface area contributed by atoms with Gasteiger partial charge in [0.2, 0.25) is 5.91 Å². The van der Waals surface area contributed by atoms with E-state index in [1.54, 1.807) is 24.3 Å². The molecule has 3 aromatic rings. The highest BCUT2D eigenvalue weighted by Gasteiger charge is 2.32. The van der Waals surface area contributed by atoms with Gasteiger partial charge in [0.05, 0.1) is 27.3 Å². The van der Waals surface area contributed by atoms with Crippen LogP contribution in [-0.4, -0.2) is 30.0 Å². The van der Waals surface area contributed by atoms with Crippen LogP contribution in [-0.2, 0) is 28.9 Å². The number of fused-ring (bicyclic) bond motifs is 2. The average Bonchev–Trinajstić information content (AvgIpc) is 2.69. The van der Waals surface area contributed by atoms with E-state index in [-0.39, 0.29) is 11.4 Å². The fraction of sp³-hybridized carbons (Fsp3) is 0.167. The number of anilines is 2.